The van der Waals surface area contributed by atoms with Crippen molar-refractivity contribution in [3.8, 4) is 0 Å². The van der Waals surface area contributed by atoms with E-state index < -0.39 is 0 Å². The fourth-order valence-corrected chi connectivity index (χ4v) is 2.44. The molecular weight excluding hydrogens is 250 g/mol. The van der Waals surface area contributed by atoms with Crippen LogP contribution in [0.1, 0.15) is 25.8 Å². The summed E-state index contributed by atoms with van der Waals surface area (Å²) in [7, 11) is 2.02. The fraction of sp³-hybridized carbons (Fsp3) is 0.562. The number of carbonyl (C=O) groups excluding carboxylic acids is 1. The van der Waals surface area contributed by atoms with Crippen molar-refractivity contribution in [3.05, 3.63) is 29.8 Å². The largest absolute Gasteiger partial charge is 0.326 e. The van der Waals surface area contributed by atoms with Gasteiger partial charge in [-0.1, -0.05) is 25.1 Å². The summed E-state index contributed by atoms with van der Waals surface area (Å²) in [5.41, 5.74) is 7.47. The van der Waals surface area contributed by atoms with Gasteiger partial charge in [0.15, 0.2) is 0 Å². The van der Waals surface area contributed by atoms with E-state index in [-0.39, 0.29) is 11.9 Å². The number of benzene rings is 1. The van der Waals surface area contributed by atoms with Crippen molar-refractivity contribution in [2.45, 2.75) is 32.9 Å². The van der Waals surface area contributed by atoms with E-state index in [9.17, 15) is 4.79 Å². The third kappa shape index (κ3) is 3.58. The number of anilines is 1. The molecule has 110 valence electrons. The Balaban J connectivity index is 1.93. The Morgan fingerprint density at radius 1 is 1.50 bits per heavy atom. The summed E-state index contributed by atoms with van der Waals surface area (Å²) in [5, 5.41) is 2.99. The first kappa shape index (κ1) is 15.0. The summed E-state index contributed by atoms with van der Waals surface area (Å²) in [6.07, 6.45) is 1.29. The number of hydrogen-bond donors (Lipinski definition) is 2. The summed E-state index contributed by atoms with van der Waals surface area (Å²) in [4.78, 5) is 14.4. The summed E-state index contributed by atoms with van der Waals surface area (Å²) >= 11 is 0. The Morgan fingerprint density at radius 2 is 2.15 bits per heavy atom. The lowest BCUT2D eigenvalue weighted by Gasteiger charge is -2.24. The number of nitrogens with two attached hydrogens (primary N) is 1. The van der Waals surface area contributed by atoms with E-state index in [1.807, 2.05) is 38.2 Å². The molecule has 3 atom stereocenters. The van der Waals surface area contributed by atoms with Gasteiger partial charge in [0.1, 0.15) is 0 Å². The van der Waals surface area contributed by atoms with Gasteiger partial charge in [0.2, 0.25) is 5.91 Å². The molecule has 0 heterocycles. The number of amides is 1. The van der Waals surface area contributed by atoms with Crippen LogP contribution in [-0.2, 0) is 11.3 Å². The highest BCUT2D eigenvalue weighted by molar-refractivity contribution is 5.95. The lowest BCUT2D eigenvalue weighted by molar-refractivity contribution is -0.120. The Labute approximate surface area is 121 Å². The van der Waals surface area contributed by atoms with Gasteiger partial charge in [-0.25, -0.2) is 0 Å². The number of nitrogens with zero attached hydrogens (tertiary/aromatic N) is 1. The second kappa shape index (κ2) is 6.37. The van der Waals surface area contributed by atoms with Gasteiger partial charge in [-0.05, 0) is 43.9 Å². The highest BCUT2D eigenvalue weighted by atomic mass is 16.2. The molecule has 0 saturated heterocycles. The summed E-state index contributed by atoms with van der Waals surface area (Å²) in [6, 6.07) is 7.55. The Morgan fingerprint density at radius 3 is 2.75 bits per heavy atom. The number of likely N-dealkylation sites (N-methyl/N-ethyl adjacent to an activating group) is 1. The van der Waals surface area contributed by atoms with E-state index in [0.29, 0.717) is 6.54 Å². The quantitative estimate of drug-likeness (QED) is 0.835. The molecule has 20 heavy (non-hydrogen) atoms. The van der Waals surface area contributed by atoms with Crippen LogP contribution in [0.2, 0.25) is 0 Å². The van der Waals surface area contributed by atoms with Gasteiger partial charge >= 0.3 is 0 Å². The van der Waals surface area contributed by atoms with Gasteiger partial charge in [0.05, 0.1) is 6.04 Å². The molecule has 3 unspecified atom stereocenters. The molecule has 1 aromatic rings. The topological polar surface area (TPSA) is 58.4 Å². The SMILES string of the molecule is CC1CC1CN(C)C(C)C(=O)Nc1ccccc1CN. The first-order chi connectivity index (χ1) is 9.52. The zero-order valence-corrected chi connectivity index (χ0v) is 12.6. The number of rotatable bonds is 6. The number of nitrogens with one attached hydrogen (secondary N) is 1. The first-order valence-electron chi connectivity index (χ1n) is 7.32. The van der Waals surface area contributed by atoms with Crippen LogP contribution in [0.3, 0.4) is 0 Å². The lowest BCUT2D eigenvalue weighted by Crippen LogP contribution is -2.40. The van der Waals surface area contributed by atoms with E-state index in [1.54, 1.807) is 0 Å². The molecule has 1 saturated carbocycles. The molecule has 1 aliphatic rings. The van der Waals surface area contributed by atoms with Crippen LogP contribution in [0.4, 0.5) is 5.69 Å². The van der Waals surface area contributed by atoms with Crippen LogP contribution in [0, 0.1) is 11.8 Å². The number of para-hydroxylation sites is 1. The number of hydrogen-bond acceptors (Lipinski definition) is 3. The summed E-state index contributed by atoms with van der Waals surface area (Å²) in [5.74, 6) is 1.60. The molecular formula is C16H25N3O. The van der Waals surface area contributed by atoms with Gasteiger partial charge in [0.25, 0.3) is 0 Å². The molecule has 1 amide bonds. The third-order valence-electron chi connectivity index (χ3n) is 4.33. The first-order valence-corrected chi connectivity index (χ1v) is 7.32. The predicted octanol–water partition coefficient (Wildman–Crippen LogP) is 2.06. The van der Waals surface area contributed by atoms with Gasteiger partial charge in [-0.3, -0.25) is 9.69 Å². The van der Waals surface area contributed by atoms with Crippen LogP contribution in [0.15, 0.2) is 24.3 Å². The van der Waals surface area contributed by atoms with E-state index in [4.69, 9.17) is 5.73 Å². The third-order valence-corrected chi connectivity index (χ3v) is 4.33. The smallest absolute Gasteiger partial charge is 0.241 e. The molecule has 0 bridgehead atoms. The average molecular weight is 275 g/mol. The van der Waals surface area contributed by atoms with E-state index in [0.717, 1.165) is 29.6 Å². The average Bonchev–Trinajstić information content (AvgIpc) is 3.13. The molecule has 0 aromatic heterocycles. The molecule has 4 nitrogen and oxygen atoms in total. The summed E-state index contributed by atoms with van der Waals surface area (Å²) in [6.45, 7) is 5.64. The molecule has 4 heteroatoms. The molecule has 0 radical (unpaired) electrons. The standard InChI is InChI=1S/C16H25N3O/c1-11-8-14(11)10-19(3)12(2)16(20)18-15-7-5-4-6-13(15)9-17/h4-7,11-12,14H,8-10,17H2,1-3H3,(H,18,20). The summed E-state index contributed by atoms with van der Waals surface area (Å²) < 4.78 is 0. The van der Waals surface area contributed by atoms with E-state index in [1.165, 1.54) is 6.42 Å². The zero-order chi connectivity index (χ0) is 14.7. The minimum absolute atomic E-state index is 0.0294. The molecule has 1 fully saturated rings. The second-order valence-electron chi connectivity index (χ2n) is 5.94. The fourth-order valence-electron chi connectivity index (χ4n) is 2.44. The van der Waals surface area contributed by atoms with E-state index in [2.05, 4.69) is 17.1 Å². The minimum atomic E-state index is -0.131. The molecule has 1 aromatic carbocycles. The maximum absolute atomic E-state index is 12.3. The molecule has 1 aliphatic carbocycles. The number of carbonyl (C=O) groups is 1. The lowest BCUT2D eigenvalue weighted by atomic mass is 10.1. The van der Waals surface area contributed by atoms with Crippen LogP contribution in [-0.4, -0.2) is 30.4 Å². The molecule has 0 aliphatic heterocycles. The Kier molecular flexibility index (Phi) is 4.78. The monoisotopic (exact) mass is 275 g/mol. The minimum Gasteiger partial charge on any atom is -0.326 e. The van der Waals surface area contributed by atoms with Crippen LogP contribution >= 0.6 is 0 Å². The molecule has 3 N–H and O–H groups in total. The van der Waals surface area contributed by atoms with Gasteiger partial charge in [-0.2, -0.15) is 0 Å². The van der Waals surface area contributed by atoms with Crippen molar-refractivity contribution in [1.29, 1.82) is 0 Å². The normalized spacial score (nSPS) is 22.6. The van der Waals surface area contributed by atoms with Crippen molar-refractivity contribution in [2.24, 2.45) is 17.6 Å². The van der Waals surface area contributed by atoms with Crippen molar-refractivity contribution >= 4 is 11.6 Å². The predicted molar refractivity (Wildman–Crippen MR) is 82.3 cm³/mol. The van der Waals surface area contributed by atoms with Crippen molar-refractivity contribution in [1.82, 2.24) is 4.90 Å². The highest BCUT2D eigenvalue weighted by Crippen LogP contribution is 2.38. The van der Waals surface area contributed by atoms with Crippen molar-refractivity contribution < 1.29 is 4.79 Å². The van der Waals surface area contributed by atoms with Crippen LogP contribution in [0.25, 0.3) is 0 Å². The van der Waals surface area contributed by atoms with Crippen LogP contribution < -0.4 is 11.1 Å². The maximum atomic E-state index is 12.3. The zero-order valence-electron chi connectivity index (χ0n) is 12.6. The second-order valence-corrected chi connectivity index (χ2v) is 5.94. The van der Waals surface area contributed by atoms with Gasteiger partial charge in [-0.15, -0.1) is 0 Å². The van der Waals surface area contributed by atoms with Crippen molar-refractivity contribution in [3.63, 3.8) is 0 Å². The highest BCUT2D eigenvalue weighted by Gasteiger charge is 2.34. The molecule has 2 rings (SSSR count). The maximum Gasteiger partial charge on any atom is 0.241 e. The van der Waals surface area contributed by atoms with E-state index >= 15 is 0 Å². The van der Waals surface area contributed by atoms with Gasteiger partial charge in [0, 0.05) is 18.8 Å². The Bertz CT molecular complexity index is 475. The van der Waals surface area contributed by atoms with Gasteiger partial charge < -0.3 is 11.1 Å². The van der Waals surface area contributed by atoms with Crippen molar-refractivity contribution in [2.75, 3.05) is 18.9 Å². The van der Waals surface area contributed by atoms with Crippen LogP contribution in [0.5, 0.6) is 0 Å². The molecule has 0 spiro atoms. The Hall–Kier alpha value is -1.39.